The average molecular weight is 659 g/mol. The molecule has 1 aliphatic rings. The third-order valence-electron chi connectivity index (χ3n) is 9.04. The Morgan fingerprint density at radius 2 is 1.46 bits per heavy atom. The second-order valence-electron chi connectivity index (χ2n) is 12.9. The highest BCUT2D eigenvalue weighted by molar-refractivity contribution is 6.32. The normalized spacial score (nSPS) is 17.0. The first-order valence-corrected chi connectivity index (χ1v) is 18.3. The minimum absolute atomic E-state index is 0.162. The summed E-state index contributed by atoms with van der Waals surface area (Å²) in [6, 6.07) is 12.7. The van der Waals surface area contributed by atoms with Gasteiger partial charge in [0.05, 0.1) is 17.2 Å². The molecule has 2 aromatic rings. The molecule has 46 heavy (non-hydrogen) atoms. The van der Waals surface area contributed by atoms with Crippen molar-refractivity contribution in [1.29, 1.82) is 0 Å². The van der Waals surface area contributed by atoms with E-state index in [1.54, 1.807) is 18.2 Å². The van der Waals surface area contributed by atoms with Crippen LogP contribution >= 0.6 is 11.6 Å². The van der Waals surface area contributed by atoms with Gasteiger partial charge >= 0.3 is 11.9 Å². The van der Waals surface area contributed by atoms with Crippen LogP contribution in [0.25, 0.3) is 0 Å². The van der Waals surface area contributed by atoms with Gasteiger partial charge < -0.3 is 14.2 Å². The number of hydrogen-bond donors (Lipinski definition) is 0. The molecule has 1 aliphatic carbocycles. The monoisotopic (exact) mass is 658 g/mol. The van der Waals surface area contributed by atoms with Crippen LogP contribution in [-0.4, -0.2) is 30.8 Å². The molecule has 0 aromatic heterocycles. The van der Waals surface area contributed by atoms with Gasteiger partial charge in [-0.15, -0.1) is 0 Å². The molecule has 5 nitrogen and oxygen atoms in total. The molecule has 0 saturated heterocycles. The van der Waals surface area contributed by atoms with E-state index in [0.29, 0.717) is 41.0 Å². The van der Waals surface area contributed by atoms with Crippen LogP contribution in [0.1, 0.15) is 145 Å². The van der Waals surface area contributed by atoms with Crippen LogP contribution in [0.15, 0.2) is 42.5 Å². The van der Waals surface area contributed by atoms with Crippen LogP contribution in [0, 0.1) is 5.92 Å². The molecule has 256 valence electrons. The summed E-state index contributed by atoms with van der Waals surface area (Å²) in [5.74, 6) is 0.474. The van der Waals surface area contributed by atoms with E-state index in [1.807, 2.05) is 31.2 Å². The van der Waals surface area contributed by atoms with Gasteiger partial charge in [0.2, 0.25) is 0 Å². The van der Waals surface area contributed by atoms with E-state index in [0.717, 1.165) is 57.8 Å². The third-order valence-corrected chi connectivity index (χ3v) is 9.34. The molecule has 0 bridgehead atoms. The highest BCUT2D eigenvalue weighted by Gasteiger charge is 2.27. The van der Waals surface area contributed by atoms with Gasteiger partial charge in [-0.3, -0.25) is 0 Å². The second-order valence-corrected chi connectivity index (χ2v) is 13.3. The minimum Gasteiger partial charge on any atom is -0.492 e. The van der Waals surface area contributed by atoms with E-state index in [1.165, 1.54) is 56.9 Å². The average Bonchev–Trinajstić information content (AvgIpc) is 3.07. The minimum atomic E-state index is -1.50. The number of halogens is 2. The number of aryl methyl sites for hydroxylation is 1. The maximum absolute atomic E-state index is 13.9. The Labute approximate surface area is 281 Å². The molecule has 1 atom stereocenters. The van der Waals surface area contributed by atoms with Gasteiger partial charge in [0, 0.05) is 0 Å². The van der Waals surface area contributed by atoms with Gasteiger partial charge in [-0.05, 0) is 93.2 Å². The summed E-state index contributed by atoms with van der Waals surface area (Å²) < 4.78 is 30.8. The zero-order valence-corrected chi connectivity index (χ0v) is 29.0. The number of rotatable bonds is 22. The number of carbonyl (C=O) groups excluding carboxylic acids is 2. The third kappa shape index (κ3) is 14.4. The number of carbonyl (C=O) groups is 2. The van der Waals surface area contributed by atoms with Crippen LogP contribution in [0.3, 0.4) is 0 Å². The van der Waals surface area contributed by atoms with E-state index in [4.69, 9.17) is 25.8 Å². The number of alkyl halides is 1. The predicted molar refractivity (Wildman–Crippen MR) is 185 cm³/mol. The summed E-state index contributed by atoms with van der Waals surface area (Å²) in [7, 11) is 0. The SMILES string of the molecule is CCCCCCCCCCCCOc1ccc(C(=O)Oc2ccc(CCC3CCC(OC(=O)[C@@H](F)CCCC)CC3)cc2)cc1Cl. The van der Waals surface area contributed by atoms with Crippen molar-refractivity contribution >= 4 is 23.5 Å². The van der Waals surface area contributed by atoms with Crippen LogP contribution in [0.4, 0.5) is 4.39 Å². The van der Waals surface area contributed by atoms with Gasteiger partial charge in [-0.1, -0.05) is 108 Å². The Morgan fingerprint density at radius 1 is 0.826 bits per heavy atom. The second kappa shape index (κ2) is 22.1. The lowest BCUT2D eigenvalue weighted by Crippen LogP contribution is -2.29. The van der Waals surface area contributed by atoms with E-state index in [9.17, 15) is 14.0 Å². The molecule has 0 spiro atoms. The molecule has 0 heterocycles. The van der Waals surface area contributed by atoms with E-state index < -0.39 is 18.1 Å². The molecule has 0 unspecified atom stereocenters. The van der Waals surface area contributed by atoms with Gasteiger partial charge in [-0.2, -0.15) is 0 Å². The zero-order chi connectivity index (χ0) is 33.0. The van der Waals surface area contributed by atoms with Crippen molar-refractivity contribution in [2.24, 2.45) is 5.92 Å². The first kappa shape index (κ1) is 37.9. The van der Waals surface area contributed by atoms with E-state index in [-0.39, 0.29) is 12.5 Å². The molecule has 0 radical (unpaired) electrons. The van der Waals surface area contributed by atoms with Crippen molar-refractivity contribution in [2.75, 3.05) is 6.61 Å². The maximum Gasteiger partial charge on any atom is 0.343 e. The Morgan fingerprint density at radius 3 is 2.09 bits per heavy atom. The van der Waals surface area contributed by atoms with Crippen LogP contribution in [0.2, 0.25) is 5.02 Å². The molecule has 0 aliphatic heterocycles. The number of hydrogen-bond acceptors (Lipinski definition) is 5. The molecule has 0 amide bonds. The van der Waals surface area contributed by atoms with E-state index in [2.05, 4.69) is 6.92 Å². The highest BCUT2D eigenvalue weighted by atomic mass is 35.5. The smallest absolute Gasteiger partial charge is 0.343 e. The summed E-state index contributed by atoms with van der Waals surface area (Å²) in [5.41, 5.74) is 1.56. The standard InChI is InChI=1S/C39H56ClFO5/c1-3-5-7-8-9-10-11-12-13-14-28-44-37-27-22-32(29-35(37)40)38(42)45-33-23-18-30(19-24-33)16-17-31-20-25-34(26-21-31)46-39(43)36(41)15-6-4-2/h18-19,22-24,27,29,31,34,36H,3-17,20-21,25-26,28H2,1-2H3/t31?,34?,36-/m0/s1. The summed E-state index contributed by atoms with van der Waals surface area (Å²) in [4.78, 5) is 24.7. The van der Waals surface area contributed by atoms with Crippen molar-refractivity contribution in [2.45, 2.75) is 148 Å². The van der Waals surface area contributed by atoms with Crippen molar-refractivity contribution in [3.8, 4) is 11.5 Å². The van der Waals surface area contributed by atoms with Crippen molar-refractivity contribution in [3.05, 3.63) is 58.6 Å². The molecule has 1 saturated carbocycles. The van der Waals surface area contributed by atoms with Gasteiger partial charge in [0.25, 0.3) is 0 Å². The fourth-order valence-corrected chi connectivity index (χ4v) is 6.29. The summed E-state index contributed by atoms with van der Waals surface area (Å²) in [6.07, 6.45) is 18.4. The lowest BCUT2D eigenvalue weighted by molar-refractivity contribution is -0.157. The zero-order valence-electron chi connectivity index (χ0n) is 28.2. The Hall–Kier alpha value is -2.60. The van der Waals surface area contributed by atoms with Gasteiger partial charge in [-0.25, -0.2) is 14.0 Å². The summed E-state index contributed by atoms with van der Waals surface area (Å²) >= 11 is 6.42. The summed E-state index contributed by atoms with van der Waals surface area (Å²) in [6.45, 7) is 4.85. The quantitative estimate of drug-likeness (QED) is 0.0715. The molecule has 7 heteroatoms. The highest BCUT2D eigenvalue weighted by Crippen LogP contribution is 2.31. The molecule has 2 aromatic carbocycles. The van der Waals surface area contributed by atoms with Crippen molar-refractivity contribution in [1.82, 2.24) is 0 Å². The number of ether oxygens (including phenoxy) is 3. The number of unbranched alkanes of at least 4 members (excludes halogenated alkanes) is 10. The van der Waals surface area contributed by atoms with Gasteiger partial charge in [0.1, 0.15) is 17.6 Å². The first-order chi connectivity index (χ1) is 22.4. The predicted octanol–water partition coefficient (Wildman–Crippen LogP) is 11.4. The molecular formula is C39H56ClFO5. The Balaban J connectivity index is 1.30. The molecule has 3 rings (SSSR count). The number of esters is 2. The van der Waals surface area contributed by atoms with Gasteiger partial charge in [0.15, 0.2) is 6.17 Å². The first-order valence-electron chi connectivity index (χ1n) is 18.0. The maximum atomic E-state index is 13.9. The van der Waals surface area contributed by atoms with Crippen molar-refractivity contribution < 1.29 is 28.2 Å². The lowest BCUT2D eigenvalue weighted by atomic mass is 9.83. The van der Waals surface area contributed by atoms with Crippen LogP contribution < -0.4 is 9.47 Å². The molecule has 1 fully saturated rings. The Kier molecular flexibility index (Phi) is 18.2. The van der Waals surface area contributed by atoms with Crippen LogP contribution in [0.5, 0.6) is 11.5 Å². The van der Waals surface area contributed by atoms with Crippen LogP contribution in [-0.2, 0) is 16.0 Å². The largest absolute Gasteiger partial charge is 0.492 e. The lowest BCUT2D eigenvalue weighted by Gasteiger charge is -2.28. The summed E-state index contributed by atoms with van der Waals surface area (Å²) in [5, 5.41) is 0.405. The Bertz CT molecular complexity index is 1150. The fourth-order valence-electron chi connectivity index (χ4n) is 6.06. The fraction of sp³-hybridized carbons (Fsp3) is 0.641. The number of benzene rings is 2. The molecule has 0 N–H and O–H groups in total. The van der Waals surface area contributed by atoms with E-state index >= 15 is 0 Å². The van der Waals surface area contributed by atoms with Crippen molar-refractivity contribution in [3.63, 3.8) is 0 Å². The molecular weight excluding hydrogens is 603 g/mol. The topological polar surface area (TPSA) is 61.8 Å².